The number of aliphatic hydroxyl groups excluding tert-OH is 2. The maximum Gasteiger partial charge on any atom is 0.0858 e. The summed E-state index contributed by atoms with van der Waals surface area (Å²) in [4.78, 5) is 0. The van der Waals surface area contributed by atoms with E-state index in [-0.39, 0.29) is 29.6 Å². The summed E-state index contributed by atoms with van der Waals surface area (Å²) >= 11 is 0. The van der Waals surface area contributed by atoms with Crippen LogP contribution < -0.4 is 0 Å². The van der Waals surface area contributed by atoms with E-state index in [1.54, 1.807) is 0 Å². The van der Waals surface area contributed by atoms with Gasteiger partial charge in [-0.25, -0.2) is 0 Å². The molecule has 0 bridgehead atoms. The third-order valence-corrected chi connectivity index (χ3v) is 7.87. The fraction of sp³-hybridized carbons (Fsp3) is 0.800. The Bertz CT molecular complexity index is 553. The lowest BCUT2D eigenvalue weighted by molar-refractivity contribution is -0.149. The molecule has 1 heterocycles. The molecule has 0 aromatic heterocycles. The molecule has 0 aromatic carbocycles. The van der Waals surface area contributed by atoms with Gasteiger partial charge >= 0.3 is 0 Å². The third-order valence-electron chi connectivity index (χ3n) is 7.87. The molecule has 0 spiro atoms. The first-order chi connectivity index (χ1) is 10.9. The van der Waals surface area contributed by atoms with Gasteiger partial charge in [-0.3, -0.25) is 0 Å². The molecule has 3 fully saturated rings. The molecule has 3 heteroatoms. The fourth-order valence-electron chi connectivity index (χ4n) is 6.36. The number of hydrogen-bond acceptors (Lipinski definition) is 3. The largest absolute Gasteiger partial charge is 0.396 e. The second-order valence-corrected chi connectivity index (χ2v) is 8.84. The molecule has 2 N–H and O–H groups in total. The smallest absolute Gasteiger partial charge is 0.0858 e. The van der Waals surface area contributed by atoms with Gasteiger partial charge in [0.2, 0.25) is 0 Å². The molecule has 0 radical (unpaired) electrons. The molecule has 1 saturated heterocycles. The highest BCUT2D eigenvalue weighted by atomic mass is 16.5. The fourth-order valence-corrected chi connectivity index (χ4v) is 6.36. The van der Waals surface area contributed by atoms with E-state index in [1.165, 1.54) is 24.0 Å². The van der Waals surface area contributed by atoms with Crippen molar-refractivity contribution in [2.75, 3.05) is 13.2 Å². The van der Waals surface area contributed by atoms with Crippen molar-refractivity contribution in [3.63, 3.8) is 0 Å². The van der Waals surface area contributed by atoms with Crippen LogP contribution in [0.5, 0.6) is 0 Å². The van der Waals surface area contributed by atoms with Gasteiger partial charge in [0.05, 0.1) is 25.4 Å². The zero-order valence-corrected chi connectivity index (χ0v) is 14.4. The van der Waals surface area contributed by atoms with Crippen LogP contribution in [0.2, 0.25) is 0 Å². The normalized spacial score (nSPS) is 52.4. The number of ether oxygens (including phenoxy) is 1. The van der Waals surface area contributed by atoms with Crippen LogP contribution in [0.25, 0.3) is 0 Å². The van der Waals surface area contributed by atoms with Gasteiger partial charge in [0, 0.05) is 11.3 Å². The van der Waals surface area contributed by atoms with E-state index in [2.05, 4.69) is 26.5 Å². The van der Waals surface area contributed by atoms with Gasteiger partial charge in [0.15, 0.2) is 0 Å². The Labute approximate surface area is 139 Å². The van der Waals surface area contributed by atoms with Crippen molar-refractivity contribution in [2.24, 2.45) is 28.6 Å². The van der Waals surface area contributed by atoms with E-state index < -0.39 is 0 Å². The van der Waals surface area contributed by atoms with Gasteiger partial charge in [0.25, 0.3) is 0 Å². The molecule has 3 nitrogen and oxygen atoms in total. The van der Waals surface area contributed by atoms with Crippen molar-refractivity contribution in [1.82, 2.24) is 0 Å². The van der Waals surface area contributed by atoms with Crippen LogP contribution in [-0.2, 0) is 4.74 Å². The van der Waals surface area contributed by atoms with Gasteiger partial charge in [-0.15, -0.1) is 0 Å². The molecule has 4 rings (SSSR count). The van der Waals surface area contributed by atoms with Gasteiger partial charge in [-0.2, -0.15) is 0 Å². The van der Waals surface area contributed by atoms with Crippen molar-refractivity contribution in [1.29, 1.82) is 0 Å². The zero-order chi connectivity index (χ0) is 16.4. The summed E-state index contributed by atoms with van der Waals surface area (Å²) < 4.78 is 6.10. The monoisotopic (exact) mass is 318 g/mol. The molecular weight excluding hydrogens is 288 g/mol. The van der Waals surface area contributed by atoms with Crippen LogP contribution in [0.3, 0.4) is 0 Å². The number of aliphatic hydroxyl groups is 2. The Hall–Kier alpha value is -0.640. The Morgan fingerprint density at radius 1 is 1.30 bits per heavy atom. The maximum absolute atomic E-state index is 10.5. The highest BCUT2D eigenvalue weighted by Gasteiger charge is 2.59. The first kappa shape index (κ1) is 15.9. The number of rotatable bonds is 1. The van der Waals surface area contributed by atoms with E-state index in [9.17, 15) is 10.2 Å². The van der Waals surface area contributed by atoms with Crippen molar-refractivity contribution in [3.05, 3.63) is 23.8 Å². The van der Waals surface area contributed by atoms with Crippen molar-refractivity contribution in [2.45, 2.75) is 58.2 Å². The maximum atomic E-state index is 10.5. The molecular formula is C20H30O3. The Morgan fingerprint density at radius 3 is 2.83 bits per heavy atom. The highest BCUT2D eigenvalue weighted by molar-refractivity contribution is 5.31. The topological polar surface area (TPSA) is 49.7 Å². The van der Waals surface area contributed by atoms with Gasteiger partial charge < -0.3 is 14.9 Å². The summed E-state index contributed by atoms with van der Waals surface area (Å²) in [6, 6.07) is 0. The summed E-state index contributed by atoms with van der Waals surface area (Å²) in [5.74, 6) is 1.39. The van der Waals surface area contributed by atoms with E-state index in [4.69, 9.17) is 4.74 Å². The average molecular weight is 318 g/mol. The van der Waals surface area contributed by atoms with Crippen molar-refractivity contribution < 1.29 is 14.9 Å². The lowest BCUT2D eigenvalue weighted by Gasteiger charge is -2.60. The second-order valence-electron chi connectivity index (χ2n) is 8.84. The number of allylic oxidation sites excluding steroid dienone is 1. The van der Waals surface area contributed by atoms with E-state index in [1.807, 2.05) is 0 Å². The summed E-state index contributed by atoms with van der Waals surface area (Å²) in [6.45, 7) is 9.47. The zero-order valence-electron chi connectivity index (χ0n) is 14.4. The molecule has 0 unspecified atom stereocenters. The summed E-state index contributed by atoms with van der Waals surface area (Å²) in [7, 11) is 0. The van der Waals surface area contributed by atoms with Crippen LogP contribution in [0.1, 0.15) is 46.0 Å². The van der Waals surface area contributed by atoms with Crippen LogP contribution >= 0.6 is 0 Å². The second kappa shape index (κ2) is 5.18. The summed E-state index contributed by atoms with van der Waals surface area (Å²) in [6.07, 6.45) is 7.41. The average Bonchev–Trinajstić information content (AvgIpc) is 2.93. The lowest BCUT2D eigenvalue weighted by atomic mass is 9.45. The molecule has 0 aromatic rings. The third kappa shape index (κ3) is 1.99. The lowest BCUT2D eigenvalue weighted by Crippen LogP contribution is -2.58. The molecule has 2 saturated carbocycles. The van der Waals surface area contributed by atoms with Crippen LogP contribution in [0, 0.1) is 28.6 Å². The molecule has 0 amide bonds. The molecule has 128 valence electrons. The molecule has 1 aliphatic heterocycles. The molecule has 7 atom stereocenters. The minimum atomic E-state index is -0.389. The van der Waals surface area contributed by atoms with Crippen LogP contribution in [0.4, 0.5) is 0 Å². The Balaban J connectivity index is 1.72. The molecule has 23 heavy (non-hydrogen) atoms. The predicted octanol–water partition coefficient (Wildman–Crippen LogP) is 3.07. The standard InChI is InChI=1S/C20H30O3/c1-12-10-23-18-13(12)4-6-15-14(18)5-7-16-19(15,2)9-8-17(22)20(16,3)11-21/h5,13,15-18,21-22H,1,4,6-11H2,2-3H3/t13-,15+,16-,17+,18-,19-,20+/m0/s1. The number of hydrogen-bond donors (Lipinski definition) is 2. The van der Waals surface area contributed by atoms with Crippen LogP contribution in [0.15, 0.2) is 23.8 Å². The van der Waals surface area contributed by atoms with E-state index >= 15 is 0 Å². The first-order valence-corrected chi connectivity index (χ1v) is 9.20. The molecule has 4 aliphatic rings. The van der Waals surface area contributed by atoms with Crippen LogP contribution in [-0.4, -0.2) is 35.6 Å². The summed E-state index contributed by atoms with van der Waals surface area (Å²) in [5, 5.41) is 20.6. The van der Waals surface area contributed by atoms with Crippen molar-refractivity contribution >= 4 is 0 Å². The minimum Gasteiger partial charge on any atom is -0.396 e. The highest BCUT2D eigenvalue weighted by Crippen LogP contribution is 2.63. The molecule has 3 aliphatic carbocycles. The van der Waals surface area contributed by atoms with Gasteiger partial charge in [-0.05, 0) is 60.5 Å². The quantitative estimate of drug-likeness (QED) is 0.731. The van der Waals surface area contributed by atoms with E-state index in [0.29, 0.717) is 24.4 Å². The Morgan fingerprint density at radius 2 is 2.09 bits per heavy atom. The van der Waals surface area contributed by atoms with Crippen molar-refractivity contribution in [3.8, 4) is 0 Å². The number of fused-ring (bicyclic) bond motifs is 5. The van der Waals surface area contributed by atoms with Gasteiger partial charge in [-0.1, -0.05) is 26.5 Å². The van der Waals surface area contributed by atoms with Gasteiger partial charge in [0.1, 0.15) is 0 Å². The van der Waals surface area contributed by atoms with E-state index in [0.717, 1.165) is 19.3 Å². The summed E-state index contributed by atoms with van der Waals surface area (Å²) in [5.41, 5.74) is 2.54. The minimum absolute atomic E-state index is 0.0731. The predicted molar refractivity (Wildman–Crippen MR) is 89.8 cm³/mol. The Kier molecular flexibility index (Phi) is 3.57. The first-order valence-electron chi connectivity index (χ1n) is 9.20. The SMILES string of the molecule is C=C1CO[C@@H]2C3=CC[C@@H]4[C@@](C)(CO)[C@H](O)CC[C@@]4(C)[C@@H]3CC[C@@H]12.